The number of carbonyl (C=O) groups excluding carboxylic acids is 1. The van der Waals surface area contributed by atoms with Crippen molar-refractivity contribution in [3.8, 4) is 0 Å². The van der Waals surface area contributed by atoms with Crippen LogP contribution in [-0.2, 0) is 4.74 Å². The van der Waals surface area contributed by atoms with Gasteiger partial charge >= 0.3 is 5.97 Å². The number of carbonyl (C=O) groups is 1. The van der Waals surface area contributed by atoms with E-state index in [-0.39, 0.29) is 12.0 Å². The first-order valence-electron chi connectivity index (χ1n) is 9.14. The first-order chi connectivity index (χ1) is 13.0. The number of ether oxygens (including phenoxy) is 1. The fraction of sp³-hybridized carbons (Fsp3) is 0.474. The van der Waals surface area contributed by atoms with E-state index in [0.29, 0.717) is 17.3 Å². The molecule has 1 fully saturated rings. The summed E-state index contributed by atoms with van der Waals surface area (Å²) in [6, 6.07) is 2.10. The summed E-state index contributed by atoms with van der Waals surface area (Å²) < 4.78 is 10.5. The Morgan fingerprint density at radius 3 is 2.89 bits per heavy atom. The second-order valence-corrected chi connectivity index (χ2v) is 7.76. The largest absolute Gasteiger partial charge is 0.462 e. The second-order valence-electron chi connectivity index (χ2n) is 6.77. The molecule has 142 valence electrons. The maximum absolute atomic E-state index is 12.3. The van der Waals surface area contributed by atoms with Crippen LogP contribution >= 0.6 is 11.3 Å². The molecule has 0 spiro atoms. The van der Waals surface area contributed by atoms with Gasteiger partial charge in [0, 0.05) is 12.6 Å². The maximum Gasteiger partial charge on any atom is 0.348 e. The van der Waals surface area contributed by atoms with Gasteiger partial charge in [0.2, 0.25) is 0 Å². The summed E-state index contributed by atoms with van der Waals surface area (Å²) >= 11 is 1.37. The predicted octanol–water partition coefficient (Wildman–Crippen LogP) is 4.12. The quantitative estimate of drug-likeness (QED) is 0.624. The van der Waals surface area contributed by atoms with Gasteiger partial charge in [-0.05, 0) is 46.1 Å². The number of esters is 1. The first-order valence-corrected chi connectivity index (χ1v) is 9.96. The van der Waals surface area contributed by atoms with Crippen molar-refractivity contribution in [2.75, 3.05) is 18.1 Å². The molecule has 3 aromatic heterocycles. The molecule has 1 unspecified atom stereocenters. The number of aryl methyl sites for hydroxylation is 3. The van der Waals surface area contributed by atoms with Crippen LogP contribution in [0.2, 0.25) is 0 Å². The average molecular weight is 386 g/mol. The van der Waals surface area contributed by atoms with E-state index in [2.05, 4.69) is 15.0 Å². The van der Waals surface area contributed by atoms with Crippen molar-refractivity contribution in [1.82, 2.24) is 15.1 Å². The highest BCUT2D eigenvalue weighted by Crippen LogP contribution is 2.41. The minimum atomic E-state index is -0.299. The highest BCUT2D eigenvalue weighted by atomic mass is 32.1. The van der Waals surface area contributed by atoms with Crippen LogP contribution < -0.4 is 4.90 Å². The molecule has 3 aromatic rings. The second kappa shape index (κ2) is 6.92. The lowest BCUT2D eigenvalue weighted by molar-refractivity contribution is 0.0531. The summed E-state index contributed by atoms with van der Waals surface area (Å²) in [6.45, 7) is 8.77. The van der Waals surface area contributed by atoms with E-state index in [4.69, 9.17) is 14.2 Å². The molecule has 1 aliphatic heterocycles. The standard InChI is InChI=1S/C19H22N4O3S/c1-5-25-19(24)16-11(3)15-17(20-12(4)21-18(15)27-16)23-8-6-7-14(23)13-9-10(2)26-22-13/h9,14H,5-8H2,1-4H3. The van der Waals surface area contributed by atoms with Gasteiger partial charge in [0.05, 0.1) is 18.0 Å². The SMILES string of the molecule is CCOC(=O)c1sc2nc(C)nc(N3CCCC3c3cc(C)on3)c2c1C. The van der Waals surface area contributed by atoms with Crippen molar-refractivity contribution >= 4 is 33.3 Å². The lowest BCUT2D eigenvalue weighted by Gasteiger charge is -2.25. The van der Waals surface area contributed by atoms with Gasteiger partial charge in [0.15, 0.2) is 0 Å². The molecule has 0 amide bonds. The molecule has 4 heterocycles. The highest BCUT2D eigenvalue weighted by molar-refractivity contribution is 7.20. The molecule has 0 bridgehead atoms. The molecule has 4 rings (SSSR count). The van der Waals surface area contributed by atoms with Gasteiger partial charge in [-0.15, -0.1) is 11.3 Å². The van der Waals surface area contributed by atoms with E-state index in [9.17, 15) is 4.79 Å². The molecule has 27 heavy (non-hydrogen) atoms. The van der Waals surface area contributed by atoms with Crippen LogP contribution in [0.15, 0.2) is 10.6 Å². The molecule has 0 aliphatic carbocycles. The Hall–Kier alpha value is -2.48. The lowest BCUT2D eigenvalue weighted by atomic mass is 10.1. The summed E-state index contributed by atoms with van der Waals surface area (Å²) in [6.07, 6.45) is 2.04. The molecule has 1 saturated heterocycles. The smallest absolute Gasteiger partial charge is 0.348 e. The van der Waals surface area contributed by atoms with Crippen molar-refractivity contribution in [2.24, 2.45) is 0 Å². The van der Waals surface area contributed by atoms with Crippen LogP contribution in [0.1, 0.15) is 58.3 Å². The number of hydrogen-bond donors (Lipinski definition) is 0. The van der Waals surface area contributed by atoms with Crippen molar-refractivity contribution < 1.29 is 14.1 Å². The Balaban J connectivity index is 1.84. The van der Waals surface area contributed by atoms with Crippen molar-refractivity contribution in [3.05, 3.63) is 33.8 Å². The maximum atomic E-state index is 12.3. The van der Waals surface area contributed by atoms with Crippen molar-refractivity contribution in [1.29, 1.82) is 0 Å². The zero-order chi connectivity index (χ0) is 19.1. The van der Waals surface area contributed by atoms with Crippen molar-refractivity contribution in [2.45, 2.75) is 46.6 Å². The Labute approximate surface area is 161 Å². The summed E-state index contributed by atoms with van der Waals surface area (Å²) in [4.78, 5) is 25.4. The molecule has 8 heteroatoms. The molecule has 0 saturated carbocycles. The molecule has 7 nitrogen and oxygen atoms in total. The highest BCUT2D eigenvalue weighted by Gasteiger charge is 2.32. The van der Waals surface area contributed by atoms with E-state index < -0.39 is 0 Å². The normalized spacial score (nSPS) is 17.0. The van der Waals surface area contributed by atoms with Crippen molar-refractivity contribution in [3.63, 3.8) is 0 Å². The molecule has 0 radical (unpaired) electrons. The van der Waals surface area contributed by atoms with E-state index in [1.807, 2.05) is 33.8 Å². The van der Waals surface area contributed by atoms with Crippen LogP contribution in [0.4, 0.5) is 5.82 Å². The lowest BCUT2D eigenvalue weighted by Crippen LogP contribution is -2.24. The van der Waals surface area contributed by atoms with E-state index in [0.717, 1.165) is 52.4 Å². The number of hydrogen-bond acceptors (Lipinski definition) is 8. The zero-order valence-corrected chi connectivity index (χ0v) is 16.7. The Bertz CT molecular complexity index is 1010. The number of aromatic nitrogens is 3. The summed E-state index contributed by atoms with van der Waals surface area (Å²) in [5.41, 5.74) is 1.80. The first kappa shape index (κ1) is 17.9. The molecule has 1 atom stereocenters. The van der Waals surface area contributed by atoms with Gasteiger partial charge in [-0.25, -0.2) is 14.8 Å². The zero-order valence-electron chi connectivity index (χ0n) is 15.9. The van der Waals surface area contributed by atoms with Crippen LogP contribution in [-0.4, -0.2) is 34.2 Å². The fourth-order valence-corrected chi connectivity index (χ4v) is 4.81. The van der Waals surface area contributed by atoms with Gasteiger partial charge in [-0.3, -0.25) is 0 Å². The molecule has 1 aliphatic rings. The van der Waals surface area contributed by atoms with Crippen LogP contribution in [0.5, 0.6) is 0 Å². The number of anilines is 1. The van der Waals surface area contributed by atoms with E-state index in [1.54, 1.807) is 0 Å². The third-order valence-corrected chi connectivity index (χ3v) is 6.02. The number of rotatable bonds is 4. The van der Waals surface area contributed by atoms with Gasteiger partial charge in [0.1, 0.15) is 32.8 Å². The molecular weight excluding hydrogens is 364 g/mol. The third-order valence-electron chi connectivity index (χ3n) is 4.86. The van der Waals surface area contributed by atoms with Gasteiger partial charge < -0.3 is 14.2 Å². The average Bonchev–Trinajstić information content (AvgIpc) is 3.33. The molecule has 0 aromatic carbocycles. The van der Waals surface area contributed by atoms with E-state index in [1.165, 1.54) is 11.3 Å². The minimum Gasteiger partial charge on any atom is -0.462 e. The number of nitrogens with zero attached hydrogens (tertiary/aromatic N) is 4. The monoisotopic (exact) mass is 386 g/mol. The number of thiophene rings is 1. The Morgan fingerprint density at radius 1 is 1.37 bits per heavy atom. The summed E-state index contributed by atoms with van der Waals surface area (Å²) in [5, 5.41) is 5.16. The van der Waals surface area contributed by atoms with Crippen LogP contribution in [0, 0.1) is 20.8 Å². The molecular formula is C19H22N4O3S. The van der Waals surface area contributed by atoms with Gasteiger partial charge in [0.25, 0.3) is 0 Å². The predicted molar refractivity (Wildman–Crippen MR) is 103 cm³/mol. The number of fused-ring (bicyclic) bond motifs is 1. The Morgan fingerprint density at radius 2 is 2.19 bits per heavy atom. The van der Waals surface area contributed by atoms with Gasteiger partial charge in [-0.1, -0.05) is 5.16 Å². The summed E-state index contributed by atoms with van der Waals surface area (Å²) in [7, 11) is 0. The topological polar surface area (TPSA) is 81.4 Å². The third kappa shape index (κ3) is 3.07. The summed E-state index contributed by atoms with van der Waals surface area (Å²) in [5.74, 6) is 2.06. The minimum absolute atomic E-state index is 0.116. The molecule has 0 N–H and O–H groups in total. The van der Waals surface area contributed by atoms with E-state index >= 15 is 0 Å². The fourth-order valence-electron chi connectivity index (χ4n) is 3.69. The van der Waals surface area contributed by atoms with Crippen LogP contribution in [0.3, 0.4) is 0 Å². The van der Waals surface area contributed by atoms with Crippen LogP contribution in [0.25, 0.3) is 10.2 Å². The van der Waals surface area contributed by atoms with Gasteiger partial charge in [-0.2, -0.15) is 0 Å². The Kier molecular flexibility index (Phi) is 4.59.